The van der Waals surface area contributed by atoms with Crippen LogP contribution in [0.2, 0.25) is 0 Å². The van der Waals surface area contributed by atoms with Gasteiger partial charge in [-0.2, -0.15) is 0 Å². The molecule has 0 aromatic carbocycles. The average Bonchev–Trinajstić information content (AvgIpc) is 3.03. The van der Waals surface area contributed by atoms with E-state index in [9.17, 15) is 0 Å². The molecule has 7 nitrogen and oxygen atoms in total. The quantitative estimate of drug-likeness (QED) is 0.562. The summed E-state index contributed by atoms with van der Waals surface area (Å²) in [7, 11) is 1.77. The van der Waals surface area contributed by atoms with E-state index in [2.05, 4.69) is 40.5 Å². The van der Waals surface area contributed by atoms with Crippen LogP contribution in [0.15, 0.2) is 34.4 Å². The van der Waals surface area contributed by atoms with Gasteiger partial charge >= 0.3 is 0 Å². The maximum absolute atomic E-state index is 5.86. The summed E-state index contributed by atoms with van der Waals surface area (Å²) >= 11 is 0. The number of aromatic nitrogens is 3. The SMILES string of the molecule is C=C/C(=C\C(C)=NC)c1cnc(N2CC(C)OC(C)C2)nc1-c1c(C)noc1C. The molecule has 0 bridgehead atoms. The van der Waals surface area contributed by atoms with Gasteiger partial charge in [-0.05, 0) is 46.3 Å². The maximum atomic E-state index is 5.86. The number of nitrogens with zero attached hydrogens (tertiary/aromatic N) is 5. The number of allylic oxidation sites excluding steroid dienone is 3. The molecule has 3 heterocycles. The van der Waals surface area contributed by atoms with Gasteiger partial charge in [0.25, 0.3) is 0 Å². The topological polar surface area (TPSA) is 76.6 Å². The molecule has 0 spiro atoms. The second-order valence-electron chi connectivity index (χ2n) is 7.46. The fourth-order valence-corrected chi connectivity index (χ4v) is 3.63. The zero-order valence-corrected chi connectivity index (χ0v) is 18.1. The zero-order chi connectivity index (χ0) is 21.1. The zero-order valence-electron chi connectivity index (χ0n) is 18.1. The molecule has 7 heteroatoms. The fraction of sp³-hybridized carbons (Fsp3) is 0.455. The molecule has 154 valence electrons. The predicted molar refractivity (Wildman–Crippen MR) is 116 cm³/mol. The lowest BCUT2D eigenvalue weighted by atomic mass is 9.98. The molecular weight excluding hydrogens is 366 g/mol. The Morgan fingerprint density at radius 1 is 1.28 bits per heavy atom. The minimum Gasteiger partial charge on any atom is -0.372 e. The van der Waals surface area contributed by atoms with Crippen molar-refractivity contribution in [3.63, 3.8) is 0 Å². The van der Waals surface area contributed by atoms with E-state index in [0.29, 0.717) is 5.95 Å². The van der Waals surface area contributed by atoms with Gasteiger partial charge in [-0.3, -0.25) is 4.99 Å². The lowest BCUT2D eigenvalue weighted by molar-refractivity contribution is -0.00571. The molecule has 2 aromatic heterocycles. The van der Waals surface area contributed by atoms with Crippen molar-refractivity contribution in [2.24, 2.45) is 4.99 Å². The summed E-state index contributed by atoms with van der Waals surface area (Å²) in [5.41, 5.74) is 5.13. The molecule has 1 saturated heterocycles. The van der Waals surface area contributed by atoms with E-state index in [-0.39, 0.29) is 12.2 Å². The van der Waals surface area contributed by atoms with Crippen LogP contribution < -0.4 is 4.90 Å². The minimum atomic E-state index is 0.122. The molecule has 0 N–H and O–H groups in total. The molecule has 29 heavy (non-hydrogen) atoms. The van der Waals surface area contributed by atoms with Crippen molar-refractivity contribution in [2.45, 2.75) is 46.8 Å². The van der Waals surface area contributed by atoms with Crippen molar-refractivity contribution in [1.82, 2.24) is 15.1 Å². The van der Waals surface area contributed by atoms with Gasteiger partial charge in [-0.15, -0.1) is 0 Å². The number of aryl methyl sites for hydroxylation is 2. The highest BCUT2D eigenvalue weighted by Gasteiger charge is 2.26. The Morgan fingerprint density at radius 2 is 1.97 bits per heavy atom. The van der Waals surface area contributed by atoms with Crippen LogP contribution >= 0.6 is 0 Å². The number of anilines is 1. The van der Waals surface area contributed by atoms with Gasteiger partial charge in [0.05, 0.1) is 29.2 Å². The summed E-state index contributed by atoms with van der Waals surface area (Å²) in [4.78, 5) is 16.0. The van der Waals surface area contributed by atoms with Crippen molar-refractivity contribution in [3.05, 3.63) is 41.9 Å². The third-order valence-electron chi connectivity index (χ3n) is 5.00. The van der Waals surface area contributed by atoms with E-state index in [1.807, 2.05) is 33.0 Å². The lowest BCUT2D eigenvalue weighted by Gasteiger charge is -2.35. The molecule has 0 amide bonds. The van der Waals surface area contributed by atoms with Crippen LogP contribution in [-0.2, 0) is 4.74 Å². The number of ether oxygens (including phenoxy) is 1. The van der Waals surface area contributed by atoms with Crippen molar-refractivity contribution in [3.8, 4) is 11.3 Å². The summed E-state index contributed by atoms with van der Waals surface area (Å²) in [5.74, 6) is 1.40. The molecule has 2 unspecified atom stereocenters. The van der Waals surface area contributed by atoms with E-state index < -0.39 is 0 Å². The van der Waals surface area contributed by atoms with Gasteiger partial charge in [-0.25, -0.2) is 9.97 Å². The van der Waals surface area contributed by atoms with Crippen LogP contribution in [-0.4, -0.2) is 53.2 Å². The van der Waals surface area contributed by atoms with Crippen LogP contribution in [0.4, 0.5) is 5.95 Å². The third-order valence-corrected chi connectivity index (χ3v) is 5.00. The fourth-order valence-electron chi connectivity index (χ4n) is 3.63. The van der Waals surface area contributed by atoms with E-state index >= 15 is 0 Å². The molecule has 0 saturated carbocycles. The highest BCUT2D eigenvalue weighted by atomic mass is 16.5. The number of hydrogen-bond donors (Lipinski definition) is 0. The molecule has 2 atom stereocenters. The van der Waals surface area contributed by atoms with Crippen molar-refractivity contribution >= 4 is 17.2 Å². The second-order valence-corrected chi connectivity index (χ2v) is 7.46. The van der Waals surface area contributed by atoms with Crippen LogP contribution in [0.1, 0.15) is 37.8 Å². The number of rotatable bonds is 5. The summed E-state index contributed by atoms with van der Waals surface area (Å²) in [5, 5.41) is 4.12. The average molecular weight is 396 g/mol. The summed E-state index contributed by atoms with van der Waals surface area (Å²) < 4.78 is 11.3. The summed E-state index contributed by atoms with van der Waals surface area (Å²) in [6.45, 7) is 15.4. The van der Waals surface area contributed by atoms with Gasteiger partial charge in [0.1, 0.15) is 5.76 Å². The maximum Gasteiger partial charge on any atom is 0.226 e. The molecule has 0 aliphatic carbocycles. The Bertz CT molecular complexity index is 931. The Kier molecular flexibility index (Phi) is 6.27. The third kappa shape index (κ3) is 4.45. The Labute approximate surface area is 172 Å². The smallest absolute Gasteiger partial charge is 0.226 e. The first-order valence-electron chi connectivity index (χ1n) is 9.82. The second kappa shape index (κ2) is 8.69. The van der Waals surface area contributed by atoms with Crippen LogP contribution in [0.25, 0.3) is 16.8 Å². The first kappa shape index (κ1) is 20.9. The standard InChI is InChI=1S/C22H29N5O2/c1-8-18(9-13(2)23-7)19-10-24-22(27-11-14(3)28-15(4)12-27)25-21(19)20-16(5)26-29-17(20)6/h8-10,14-15H,1,11-12H2,2-7H3/b18-9+,23-13?. The van der Waals surface area contributed by atoms with E-state index in [0.717, 1.165) is 52.6 Å². The minimum absolute atomic E-state index is 0.122. The molecular formula is C22H29N5O2. The first-order valence-corrected chi connectivity index (χ1v) is 9.82. The van der Waals surface area contributed by atoms with Gasteiger partial charge in [0, 0.05) is 37.6 Å². The van der Waals surface area contributed by atoms with Gasteiger partial charge < -0.3 is 14.2 Å². The summed E-state index contributed by atoms with van der Waals surface area (Å²) in [6, 6.07) is 0. The summed E-state index contributed by atoms with van der Waals surface area (Å²) in [6.07, 6.45) is 5.87. The highest BCUT2D eigenvalue weighted by Crippen LogP contribution is 2.33. The normalized spacial score (nSPS) is 20.8. The Balaban J connectivity index is 2.17. The van der Waals surface area contributed by atoms with Crippen molar-refractivity contribution in [1.29, 1.82) is 0 Å². The first-order chi connectivity index (χ1) is 13.8. The van der Waals surface area contributed by atoms with Crippen LogP contribution in [0, 0.1) is 13.8 Å². The van der Waals surface area contributed by atoms with Gasteiger partial charge in [-0.1, -0.05) is 17.8 Å². The molecule has 3 rings (SSSR count). The van der Waals surface area contributed by atoms with Crippen molar-refractivity contribution in [2.75, 3.05) is 25.0 Å². The predicted octanol–water partition coefficient (Wildman–Crippen LogP) is 4.02. The molecule has 2 aromatic rings. The number of hydrogen-bond acceptors (Lipinski definition) is 7. The van der Waals surface area contributed by atoms with E-state index in [1.54, 1.807) is 13.1 Å². The van der Waals surface area contributed by atoms with Crippen LogP contribution in [0.3, 0.4) is 0 Å². The van der Waals surface area contributed by atoms with Gasteiger partial charge in [0.15, 0.2) is 0 Å². The Morgan fingerprint density at radius 3 is 2.52 bits per heavy atom. The molecule has 0 radical (unpaired) electrons. The number of morpholine rings is 1. The largest absolute Gasteiger partial charge is 0.372 e. The van der Waals surface area contributed by atoms with Crippen LogP contribution in [0.5, 0.6) is 0 Å². The van der Waals surface area contributed by atoms with E-state index in [1.165, 1.54) is 0 Å². The van der Waals surface area contributed by atoms with E-state index in [4.69, 9.17) is 14.2 Å². The molecule has 1 fully saturated rings. The van der Waals surface area contributed by atoms with Gasteiger partial charge in [0.2, 0.25) is 5.95 Å². The molecule has 1 aliphatic rings. The lowest BCUT2D eigenvalue weighted by Crippen LogP contribution is -2.46. The Hall–Kier alpha value is -2.80. The molecule has 1 aliphatic heterocycles. The monoisotopic (exact) mass is 395 g/mol. The highest BCUT2D eigenvalue weighted by molar-refractivity contribution is 6.02. The van der Waals surface area contributed by atoms with Crippen molar-refractivity contribution < 1.29 is 9.26 Å². The number of aliphatic imine (C=N–C) groups is 1.